The molecule has 0 spiro atoms. The number of carbonyl (C=O) groups is 1. The first-order chi connectivity index (χ1) is 20.9. The number of fused-ring (bicyclic) bond motifs is 3. The molecule has 218 valence electrons. The Morgan fingerprint density at radius 2 is 1.65 bits per heavy atom. The summed E-state index contributed by atoms with van der Waals surface area (Å²) in [5.74, 6) is 1.38. The summed E-state index contributed by atoms with van der Waals surface area (Å²) in [5.41, 5.74) is 2.01. The highest BCUT2D eigenvalue weighted by molar-refractivity contribution is 7.07. The van der Waals surface area contributed by atoms with E-state index in [2.05, 4.69) is 0 Å². The molecule has 0 aliphatic carbocycles. The normalized spacial score (nSPS) is 14.9. The second-order valence-corrected chi connectivity index (χ2v) is 11.0. The molecule has 0 saturated heterocycles. The molecular weight excluding hydrogens is 564 g/mol. The smallest absolute Gasteiger partial charge is 0.338 e. The molecule has 0 N–H and O–H groups in total. The lowest BCUT2D eigenvalue weighted by molar-refractivity contribution is -0.139. The van der Waals surface area contributed by atoms with Crippen LogP contribution < -0.4 is 29.1 Å². The van der Waals surface area contributed by atoms with E-state index >= 15 is 0 Å². The zero-order valence-corrected chi connectivity index (χ0v) is 25.3. The molecule has 9 heteroatoms. The molecule has 0 saturated carbocycles. The predicted octanol–water partition coefficient (Wildman–Crippen LogP) is 5.13. The molecule has 1 aliphatic heterocycles. The van der Waals surface area contributed by atoms with Crippen molar-refractivity contribution in [3.8, 4) is 17.2 Å². The lowest BCUT2D eigenvalue weighted by atomic mass is 9.90. The number of nitrogens with zero attached hydrogens (tertiary/aromatic N) is 2. The summed E-state index contributed by atoms with van der Waals surface area (Å²) < 4.78 is 24.5. The standard InChI is InChI=1S/C34H30N2O6S/c1-6-42-33(38)29-19(2)35-34-36(31(29)30-25-18-22(39-3)14-11-20(25)12-16-27(30)41-5)32(37)28(43-34)17-21-13-15-26(40-4)24-10-8-7-9-23(21)24/h7-18,31H,6H2,1-5H3/b28-17-/t31-/m0/s1. The summed E-state index contributed by atoms with van der Waals surface area (Å²) in [4.78, 5) is 33.1. The first-order valence-corrected chi connectivity index (χ1v) is 14.6. The molecule has 43 heavy (non-hydrogen) atoms. The van der Waals surface area contributed by atoms with Crippen LogP contribution in [0, 0.1) is 0 Å². The van der Waals surface area contributed by atoms with Crippen molar-refractivity contribution in [3.63, 3.8) is 0 Å². The molecule has 0 amide bonds. The molecule has 8 nitrogen and oxygen atoms in total. The van der Waals surface area contributed by atoms with Crippen LogP contribution in [0.15, 0.2) is 87.8 Å². The van der Waals surface area contributed by atoms with Gasteiger partial charge in [-0.05, 0) is 65.9 Å². The van der Waals surface area contributed by atoms with E-state index in [1.165, 1.54) is 11.3 Å². The van der Waals surface area contributed by atoms with Gasteiger partial charge in [-0.1, -0.05) is 53.8 Å². The number of allylic oxidation sites excluding steroid dienone is 1. The second-order valence-electron chi connectivity index (χ2n) is 9.97. The number of hydrogen-bond donors (Lipinski definition) is 0. The van der Waals surface area contributed by atoms with Crippen molar-refractivity contribution in [2.75, 3.05) is 27.9 Å². The van der Waals surface area contributed by atoms with Crippen molar-refractivity contribution in [1.82, 2.24) is 4.57 Å². The van der Waals surface area contributed by atoms with E-state index in [0.717, 1.165) is 32.9 Å². The number of benzene rings is 4. The van der Waals surface area contributed by atoms with Gasteiger partial charge in [0.2, 0.25) is 0 Å². The van der Waals surface area contributed by atoms with Crippen LogP contribution in [-0.2, 0) is 9.53 Å². The maximum absolute atomic E-state index is 14.4. The SMILES string of the molecule is CCOC(=O)C1=C(C)N=c2s/c(=C\c3ccc(OC)c4ccccc34)c(=O)n2[C@@H]1c1c(OC)ccc2ccc(OC)cc12. The predicted molar refractivity (Wildman–Crippen MR) is 168 cm³/mol. The van der Waals surface area contributed by atoms with Crippen LogP contribution in [0.2, 0.25) is 0 Å². The average molecular weight is 595 g/mol. The van der Waals surface area contributed by atoms with Crippen molar-refractivity contribution in [2.24, 2.45) is 4.99 Å². The van der Waals surface area contributed by atoms with Crippen molar-refractivity contribution in [3.05, 3.63) is 109 Å². The fraction of sp³-hybridized carbons (Fsp3) is 0.206. The summed E-state index contributed by atoms with van der Waals surface area (Å²) in [6.45, 7) is 3.70. The first-order valence-electron chi connectivity index (χ1n) is 13.8. The maximum atomic E-state index is 14.4. The van der Waals surface area contributed by atoms with E-state index in [-0.39, 0.29) is 17.7 Å². The van der Waals surface area contributed by atoms with Crippen LogP contribution in [0.1, 0.15) is 31.0 Å². The maximum Gasteiger partial charge on any atom is 0.338 e. The topological polar surface area (TPSA) is 88.4 Å². The minimum Gasteiger partial charge on any atom is -0.497 e. The summed E-state index contributed by atoms with van der Waals surface area (Å²) in [5, 5.41) is 3.59. The van der Waals surface area contributed by atoms with Crippen LogP contribution in [0.25, 0.3) is 27.6 Å². The van der Waals surface area contributed by atoms with Gasteiger partial charge in [0.25, 0.3) is 5.56 Å². The minimum absolute atomic E-state index is 0.178. The highest BCUT2D eigenvalue weighted by Crippen LogP contribution is 2.41. The zero-order valence-electron chi connectivity index (χ0n) is 24.5. The van der Waals surface area contributed by atoms with Crippen molar-refractivity contribution < 1.29 is 23.7 Å². The Morgan fingerprint density at radius 3 is 2.37 bits per heavy atom. The number of hydrogen-bond acceptors (Lipinski definition) is 8. The Bertz CT molecular complexity index is 2120. The second kappa shape index (κ2) is 11.4. The van der Waals surface area contributed by atoms with Crippen LogP contribution in [0.4, 0.5) is 0 Å². The Kier molecular flexibility index (Phi) is 7.50. The van der Waals surface area contributed by atoms with Gasteiger partial charge < -0.3 is 18.9 Å². The lowest BCUT2D eigenvalue weighted by Gasteiger charge is -2.27. The third kappa shape index (κ3) is 4.75. The number of rotatable bonds is 7. The van der Waals surface area contributed by atoms with Crippen LogP contribution in [0.5, 0.6) is 17.2 Å². The molecule has 0 fully saturated rings. The fourth-order valence-corrected chi connectivity index (χ4v) is 6.73. The molecule has 0 unspecified atom stereocenters. The molecule has 6 rings (SSSR count). The van der Waals surface area contributed by atoms with Gasteiger partial charge in [0.15, 0.2) is 4.80 Å². The van der Waals surface area contributed by atoms with E-state index in [0.29, 0.717) is 32.1 Å². The number of esters is 1. The molecule has 1 atom stereocenters. The van der Waals surface area contributed by atoms with Crippen LogP contribution >= 0.6 is 11.3 Å². The Hall–Kier alpha value is -4.89. The van der Waals surface area contributed by atoms with Gasteiger partial charge in [-0.25, -0.2) is 9.79 Å². The molecule has 0 radical (unpaired) electrons. The quantitative estimate of drug-likeness (QED) is 0.243. The van der Waals surface area contributed by atoms with Gasteiger partial charge in [-0.3, -0.25) is 9.36 Å². The summed E-state index contributed by atoms with van der Waals surface area (Å²) in [6, 6.07) is 20.4. The van der Waals surface area contributed by atoms with Gasteiger partial charge >= 0.3 is 5.97 Å². The zero-order chi connectivity index (χ0) is 30.2. The van der Waals surface area contributed by atoms with E-state index < -0.39 is 12.0 Å². The Labute approximate surface area is 251 Å². The van der Waals surface area contributed by atoms with E-state index in [1.807, 2.05) is 72.8 Å². The van der Waals surface area contributed by atoms with E-state index in [9.17, 15) is 9.59 Å². The molecule has 0 bridgehead atoms. The van der Waals surface area contributed by atoms with Gasteiger partial charge in [0, 0.05) is 10.9 Å². The van der Waals surface area contributed by atoms with E-state index in [1.54, 1.807) is 39.7 Å². The summed E-state index contributed by atoms with van der Waals surface area (Å²) >= 11 is 1.28. The molecule has 1 aliphatic rings. The molecular formula is C34H30N2O6S. The van der Waals surface area contributed by atoms with Gasteiger partial charge in [0.1, 0.15) is 23.3 Å². The van der Waals surface area contributed by atoms with Crippen molar-refractivity contribution in [1.29, 1.82) is 0 Å². The van der Waals surface area contributed by atoms with Crippen LogP contribution in [0.3, 0.4) is 0 Å². The van der Waals surface area contributed by atoms with Crippen molar-refractivity contribution >= 4 is 44.9 Å². The van der Waals surface area contributed by atoms with Crippen LogP contribution in [-0.4, -0.2) is 38.5 Å². The fourth-order valence-electron chi connectivity index (χ4n) is 5.69. The van der Waals surface area contributed by atoms with Gasteiger partial charge in [-0.2, -0.15) is 0 Å². The van der Waals surface area contributed by atoms with Crippen molar-refractivity contribution in [2.45, 2.75) is 19.9 Å². The minimum atomic E-state index is -0.851. The lowest BCUT2D eigenvalue weighted by Crippen LogP contribution is -2.40. The Balaban J connectivity index is 1.67. The highest BCUT2D eigenvalue weighted by Gasteiger charge is 2.36. The van der Waals surface area contributed by atoms with Gasteiger partial charge in [0.05, 0.1) is 43.7 Å². The summed E-state index contributed by atoms with van der Waals surface area (Å²) in [7, 11) is 4.81. The monoisotopic (exact) mass is 594 g/mol. The third-order valence-electron chi connectivity index (χ3n) is 7.67. The Morgan fingerprint density at radius 1 is 0.930 bits per heavy atom. The number of ether oxygens (including phenoxy) is 4. The number of carbonyl (C=O) groups excluding carboxylic acids is 1. The molecule has 2 heterocycles. The van der Waals surface area contributed by atoms with Gasteiger partial charge in [-0.15, -0.1) is 0 Å². The largest absolute Gasteiger partial charge is 0.497 e. The number of aromatic nitrogens is 1. The molecule has 4 aromatic carbocycles. The van der Waals surface area contributed by atoms with E-state index in [4.69, 9.17) is 23.9 Å². The number of methoxy groups -OCH3 is 3. The average Bonchev–Trinajstić information content (AvgIpc) is 3.33. The highest BCUT2D eigenvalue weighted by atomic mass is 32.1. The first kappa shape index (κ1) is 28.2. The molecule has 5 aromatic rings. The third-order valence-corrected chi connectivity index (χ3v) is 8.65. The summed E-state index contributed by atoms with van der Waals surface area (Å²) in [6.07, 6.45) is 1.87. The molecule has 1 aromatic heterocycles. The number of thiazole rings is 1.